The lowest BCUT2D eigenvalue weighted by Crippen LogP contribution is -2.28. The number of anilines is 1. The average Bonchev–Trinajstić information content (AvgIpc) is 3.19. The summed E-state index contributed by atoms with van der Waals surface area (Å²) in [6, 6.07) is 13.9. The first-order chi connectivity index (χ1) is 14.7. The van der Waals surface area contributed by atoms with Gasteiger partial charge in [-0.15, -0.1) is 0 Å². The van der Waals surface area contributed by atoms with Gasteiger partial charge in [-0.25, -0.2) is 0 Å². The molecule has 0 bridgehead atoms. The van der Waals surface area contributed by atoms with E-state index in [0.717, 1.165) is 5.76 Å². The van der Waals surface area contributed by atoms with Crippen LogP contribution in [0, 0.1) is 17.0 Å². The van der Waals surface area contributed by atoms with Gasteiger partial charge in [-0.1, -0.05) is 18.2 Å². The van der Waals surface area contributed by atoms with E-state index < -0.39 is 22.7 Å². The van der Waals surface area contributed by atoms with Crippen molar-refractivity contribution in [2.75, 3.05) is 19.0 Å². The van der Waals surface area contributed by atoms with Crippen molar-refractivity contribution in [3.63, 3.8) is 0 Å². The molecule has 1 aromatic heterocycles. The summed E-state index contributed by atoms with van der Waals surface area (Å²) in [5, 5.41) is 14.3. The number of furan rings is 1. The van der Waals surface area contributed by atoms with Crippen LogP contribution in [0.15, 0.2) is 59.0 Å². The SMILES string of the molecule is Cc1ccc(C(C)NC(=O)c2ccccc2C(=O)c2ccc(N(C)C)c([N+](=O)[O-])c2)o1. The monoisotopic (exact) mass is 421 g/mol. The van der Waals surface area contributed by atoms with Gasteiger partial charge in [0.25, 0.3) is 11.6 Å². The zero-order valence-electron chi connectivity index (χ0n) is 17.7. The number of nitrogens with zero attached hydrogens (tertiary/aromatic N) is 2. The predicted molar refractivity (Wildman–Crippen MR) is 117 cm³/mol. The van der Waals surface area contributed by atoms with Crippen LogP contribution in [0.5, 0.6) is 0 Å². The Morgan fingerprint density at radius 1 is 1.06 bits per heavy atom. The molecule has 3 aromatic rings. The van der Waals surface area contributed by atoms with Gasteiger partial charge in [-0.3, -0.25) is 19.7 Å². The highest BCUT2D eigenvalue weighted by Crippen LogP contribution is 2.29. The lowest BCUT2D eigenvalue weighted by atomic mass is 9.97. The van der Waals surface area contributed by atoms with Gasteiger partial charge in [0.05, 0.1) is 16.5 Å². The van der Waals surface area contributed by atoms with Crippen LogP contribution in [0.1, 0.15) is 50.8 Å². The van der Waals surface area contributed by atoms with Gasteiger partial charge < -0.3 is 14.6 Å². The van der Waals surface area contributed by atoms with Crippen LogP contribution in [-0.2, 0) is 0 Å². The lowest BCUT2D eigenvalue weighted by Gasteiger charge is -2.15. The van der Waals surface area contributed by atoms with Gasteiger partial charge in [-0.05, 0) is 44.2 Å². The van der Waals surface area contributed by atoms with E-state index in [1.54, 1.807) is 56.3 Å². The maximum absolute atomic E-state index is 13.2. The Morgan fingerprint density at radius 3 is 2.32 bits per heavy atom. The summed E-state index contributed by atoms with van der Waals surface area (Å²) in [4.78, 5) is 38.6. The fourth-order valence-corrected chi connectivity index (χ4v) is 3.26. The number of nitro groups is 1. The number of hydrogen-bond acceptors (Lipinski definition) is 6. The van der Waals surface area contributed by atoms with E-state index in [1.165, 1.54) is 24.3 Å². The Kier molecular flexibility index (Phi) is 6.20. The van der Waals surface area contributed by atoms with Crippen molar-refractivity contribution < 1.29 is 18.9 Å². The van der Waals surface area contributed by atoms with Crippen molar-refractivity contribution >= 4 is 23.1 Å². The highest BCUT2D eigenvalue weighted by atomic mass is 16.6. The minimum absolute atomic E-state index is 0.132. The molecule has 0 aliphatic carbocycles. The number of benzene rings is 2. The molecular weight excluding hydrogens is 398 g/mol. The van der Waals surface area contributed by atoms with Gasteiger partial charge in [0.1, 0.15) is 17.2 Å². The van der Waals surface area contributed by atoms with Gasteiger partial charge >= 0.3 is 0 Å². The van der Waals surface area contributed by atoms with Gasteiger partial charge in [0, 0.05) is 31.3 Å². The molecule has 2 aromatic carbocycles. The smallest absolute Gasteiger partial charge is 0.293 e. The number of hydrogen-bond donors (Lipinski definition) is 1. The van der Waals surface area contributed by atoms with Crippen molar-refractivity contribution in [1.29, 1.82) is 0 Å². The van der Waals surface area contributed by atoms with E-state index >= 15 is 0 Å². The summed E-state index contributed by atoms with van der Waals surface area (Å²) in [6.07, 6.45) is 0. The normalized spacial score (nSPS) is 11.6. The van der Waals surface area contributed by atoms with Crippen molar-refractivity contribution in [2.45, 2.75) is 19.9 Å². The first-order valence-electron chi connectivity index (χ1n) is 9.65. The maximum Gasteiger partial charge on any atom is 0.293 e. The highest BCUT2D eigenvalue weighted by molar-refractivity contribution is 6.15. The second kappa shape index (κ2) is 8.83. The molecule has 0 aliphatic rings. The fourth-order valence-electron chi connectivity index (χ4n) is 3.26. The summed E-state index contributed by atoms with van der Waals surface area (Å²) >= 11 is 0. The van der Waals surface area contributed by atoms with E-state index in [4.69, 9.17) is 4.42 Å². The Hall–Kier alpha value is -3.94. The number of aryl methyl sites for hydroxylation is 1. The molecule has 0 fully saturated rings. The molecule has 0 spiro atoms. The number of amides is 1. The second-order valence-electron chi connectivity index (χ2n) is 7.37. The average molecular weight is 421 g/mol. The Bertz CT molecular complexity index is 1150. The van der Waals surface area contributed by atoms with Gasteiger partial charge in [-0.2, -0.15) is 0 Å². The molecule has 0 saturated carbocycles. The third kappa shape index (κ3) is 4.63. The molecule has 160 valence electrons. The van der Waals surface area contributed by atoms with Crippen molar-refractivity contribution in [3.8, 4) is 0 Å². The standard InChI is InChI=1S/C23H23N3O5/c1-14-9-12-21(31-14)15(2)24-23(28)18-8-6-5-7-17(18)22(27)16-10-11-19(25(3)4)20(13-16)26(29)30/h5-13,15H,1-4H3,(H,24,28). The molecule has 1 amide bonds. The first kappa shape index (κ1) is 21.8. The molecule has 0 radical (unpaired) electrons. The van der Waals surface area contributed by atoms with Crippen LogP contribution < -0.4 is 10.2 Å². The van der Waals surface area contributed by atoms with Crippen molar-refractivity contribution in [2.24, 2.45) is 0 Å². The van der Waals surface area contributed by atoms with Gasteiger partial charge in [0.15, 0.2) is 5.78 Å². The van der Waals surface area contributed by atoms with Crippen LogP contribution in [-0.4, -0.2) is 30.7 Å². The number of carbonyl (C=O) groups is 2. The van der Waals surface area contributed by atoms with Crippen LogP contribution in [0.2, 0.25) is 0 Å². The van der Waals surface area contributed by atoms with E-state index in [-0.39, 0.29) is 22.4 Å². The van der Waals surface area contributed by atoms with Crippen LogP contribution >= 0.6 is 0 Å². The summed E-state index contributed by atoms with van der Waals surface area (Å²) in [5.41, 5.74) is 0.679. The first-order valence-corrected chi connectivity index (χ1v) is 9.65. The molecule has 1 heterocycles. The number of carbonyl (C=O) groups excluding carboxylic acids is 2. The Labute approximate surface area is 179 Å². The summed E-state index contributed by atoms with van der Waals surface area (Å²) in [7, 11) is 3.37. The zero-order valence-corrected chi connectivity index (χ0v) is 17.7. The molecule has 3 rings (SSSR count). The van der Waals surface area contributed by atoms with Crippen molar-refractivity contribution in [1.82, 2.24) is 5.32 Å². The van der Waals surface area contributed by atoms with Crippen LogP contribution in [0.4, 0.5) is 11.4 Å². The maximum atomic E-state index is 13.2. The molecule has 1 N–H and O–H groups in total. The third-order valence-corrected chi connectivity index (χ3v) is 4.87. The molecule has 1 atom stereocenters. The van der Waals surface area contributed by atoms with Crippen LogP contribution in [0.3, 0.4) is 0 Å². The second-order valence-corrected chi connectivity index (χ2v) is 7.37. The third-order valence-electron chi connectivity index (χ3n) is 4.87. The zero-order chi connectivity index (χ0) is 22.7. The molecule has 8 heteroatoms. The minimum atomic E-state index is -0.530. The largest absolute Gasteiger partial charge is 0.464 e. The van der Waals surface area contributed by atoms with E-state index in [1.807, 2.05) is 6.92 Å². The quantitative estimate of drug-likeness (QED) is 0.347. The van der Waals surface area contributed by atoms with E-state index in [0.29, 0.717) is 11.4 Å². The summed E-state index contributed by atoms with van der Waals surface area (Å²) in [5.74, 6) is 0.421. The molecule has 31 heavy (non-hydrogen) atoms. The van der Waals surface area contributed by atoms with E-state index in [9.17, 15) is 19.7 Å². The van der Waals surface area contributed by atoms with E-state index in [2.05, 4.69) is 5.32 Å². The topological polar surface area (TPSA) is 106 Å². The summed E-state index contributed by atoms with van der Waals surface area (Å²) in [6.45, 7) is 3.59. The number of ketones is 1. The van der Waals surface area contributed by atoms with Gasteiger partial charge in [0.2, 0.25) is 0 Å². The number of nitro benzene ring substituents is 1. The molecule has 0 saturated heterocycles. The lowest BCUT2D eigenvalue weighted by molar-refractivity contribution is -0.384. The Balaban J connectivity index is 1.92. The molecular formula is C23H23N3O5. The summed E-state index contributed by atoms with van der Waals surface area (Å²) < 4.78 is 5.55. The highest BCUT2D eigenvalue weighted by Gasteiger charge is 2.23. The fraction of sp³-hybridized carbons (Fsp3) is 0.217. The van der Waals surface area contributed by atoms with Crippen LogP contribution in [0.25, 0.3) is 0 Å². The number of nitrogens with one attached hydrogen (secondary N) is 1. The minimum Gasteiger partial charge on any atom is -0.464 e. The Morgan fingerprint density at radius 2 is 1.74 bits per heavy atom. The molecule has 0 aliphatic heterocycles. The molecule has 1 unspecified atom stereocenters. The number of rotatable bonds is 7. The van der Waals surface area contributed by atoms with Crippen molar-refractivity contribution in [3.05, 3.63) is 92.9 Å². The predicted octanol–water partition coefficient (Wildman–Crippen LogP) is 4.28. The molecule has 8 nitrogen and oxygen atoms in total.